The van der Waals surface area contributed by atoms with Gasteiger partial charge in [-0.3, -0.25) is 4.98 Å². The maximum atomic E-state index is 13.4. The van der Waals surface area contributed by atoms with Crippen LogP contribution in [0.5, 0.6) is 0 Å². The van der Waals surface area contributed by atoms with Crippen LogP contribution in [0.25, 0.3) is 16.7 Å². The number of pyridine rings is 2. The van der Waals surface area contributed by atoms with Crippen LogP contribution in [0.4, 0.5) is 13.2 Å². The maximum Gasteiger partial charge on any atom is 0.397 e. The summed E-state index contributed by atoms with van der Waals surface area (Å²) in [7, 11) is 0. The van der Waals surface area contributed by atoms with Crippen molar-refractivity contribution in [1.29, 1.82) is 0 Å². The third-order valence-electron chi connectivity index (χ3n) is 4.23. The fourth-order valence-electron chi connectivity index (χ4n) is 2.72. The van der Waals surface area contributed by atoms with E-state index in [1.54, 1.807) is 19.9 Å². The van der Waals surface area contributed by atoms with Crippen LogP contribution in [0.1, 0.15) is 29.7 Å². The Kier molecular flexibility index (Phi) is 4.90. The van der Waals surface area contributed by atoms with Gasteiger partial charge in [0.25, 0.3) is 0 Å². The smallest absolute Gasteiger partial charge is 0.258 e. The van der Waals surface area contributed by atoms with Gasteiger partial charge in [0.05, 0.1) is 22.7 Å². The van der Waals surface area contributed by atoms with Crippen LogP contribution in [0, 0.1) is 13.8 Å². The minimum absolute atomic E-state index is 0.0160. The third-order valence-corrected chi connectivity index (χ3v) is 4.90. The van der Waals surface area contributed by atoms with E-state index in [9.17, 15) is 18.0 Å². The van der Waals surface area contributed by atoms with E-state index in [-0.39, 0.29) is 27.3 Å². The highest BCUT2D eigenvalue weighted by Crippen LogP contribution is 2.37. The van der Waals surface area contributed by atoms with Crippen LogP contribution in [-0.2, 0) is 0 Å². The number of hydrogen-bond donors (Lipinski definition) is 0. The number of nitrogens with zero attached hydrogens (tertiary/aromatic N) is 4. The van der Waals surface area contributed by atoms with E-state index in [0.717, 1.165) is 11.5 Å². The number of aromatic nitrogens is 4. The lowest BCUT2D eigenvalue weighted by molar-refractivity contribution is -0.147. The standard InChI is InChI=1S/C17H13Cl2F3N4O/c1-7-4-5-23-11(9(3)17(20,21)22)12(7)26-15-10(14(19)25-16(26)27)6-8(2)13(18)24-15/h4-6,9H,1-3H3. The summed E-state index contributed by atoms with van der Waals surface area (Å²) in [6.45, 7) is 4.24. The summed E-state index contributed by atoms with van der Waals surface area (Å²) in [5.41, 5.74) is -0.205. The predicted molar refractivity (Wildman–Crippen MR) is 96.9 cm³/mol. The van der Waals surface area contributed by atoms with Gasteiger partial charge in [-0.2, -0.15) is 18.2 Å². The lowest BCUT2D eigenvalue weighted by Crippen LogP contribution is -2.28. The molecule has 3 aromatic rings. The van der Waals surface area contributed by atoms with E-state index < -0.39 is 17.8 Å². The Morgan fingerprint density at radius 3 is 2.41 bits per heavy atom. The maximum absolute atomic E-state index is 13.4. The average molecular weight is 417 g/mol. The zero-order valence-electron chi connectivity index (χ0n) is 14.4. The van der Waals surface area contributed by atoms with Gasteiger partial charge in [-0.1, -0.05) is 23.2 Å². The number of halogens is 5. The first kappa shape index (κ1) is 19.6. The van der Waals surface area contributed by atoms with Gasteiger partial charge in [-0.15, -0.1) is 0 Å². The van der Waals surface area contributed by atoms with E-state index in [1.165, 1.54) is 12.3 Å². The number of fused-ring (bicyclic) bond motifs is 1. The summed E-state index contributed by atoms with van der Waals surface area (Å²) < 4.78 is 41.0. The van der Waals surface area contributed by atoms with Crippen LogP contribution in [0.3, 0.4) is 0 Å². The molecule has 0 aliphatic carbocycles. The molecule has 27 heavy (non-hydrogen) atoms. The Labute approximate surface area is 161 Å². The van der Waals surface area contributed by atoms with Gasteiger partial charge in [0.2, 0.25) is 0 Å². The van der Waals surface area contributed by atoms with Crippen molar-refractivity contribution in [2.75, 3.05) is 0 Å². The number of aryl methyl sites for hydroxylation is 2. The van der Waals surface area contributed by atoms with E-state index in [2.05, 4.69) is 15.0 Å². The highest BCUT2D eigenvalue weighted by Gasteiger charge is 2.40. The van der Waals surface area contributed by atoms with Crippen molar-refractivity contribution >= 4 is 34.2 Å². The average Bonchev–Trinajstić information content (AvgIpc) is 2.56. The molecular weight excluding hydrogens is 404 g/mol. The normalized spacial score (nSPS) is 13.2. The van der Waals surface area contributed by atoms with Gasteiger partial charge in [-0.25, -0.2) is 14.3 Å². The fourth-order valence-corrected chi connectivity index (χ4v) is 3.07. The van der Waals surface area contributed by atoms with Crippen molar-refractivity contribution in [2.45, 2.75) is 32.9 Å². The van der Waals surface area contributed by atoms with Crippen LogP contribution in [-0.4, -0.2) is 25.7 Å². The van der Waals surface area contributed by atoms with Gasteiger partial charge in [0.15, 0.2) is 5.65 Å². The Morgan fingerprint density at radius 2 is 1.78 bits per heavy atom. The van der Waals surface area contributed by atoms with E-state index in [0.29, 0.717) is 16.5 Å². The Bertz CT molecular complexity index is 1110. The van der Waals surface area contributed by atoms with Gasteiger partial charge in [0.1, 0.15) is 10.3 Å². The molecule has 0 aromatic carbocycles. The van der Waals surface area contributed by atoms with Crippen molar-refractivity contribution in [3.63, 3.8) is 0 Å². The van der Waals surface area contributed by atoms with Crippen LogP contribution in [0.15, 0.2) is 23.1 Å². The summed E-state index contributed by atoms with van der Waals surface area (Å²) >= 11 is 12.1. The lowest BCUT2D eigenvalue weighted by atomic mass is 10.0. The number of rotatable bonds is 2. The highest BCUT2D eigenvalue weighted by atomic mass is 35.5. The molecule has 0 aliphatic heterocycles. The topological polar surface area (TPSA) is 60.7 Å². The van der Waals surface area contributed by atoms with E-state index in [1.807, 2.05) is 0 Å². The van der Waals surface area contributed by atoms with Crippen LogP contribution in [0.2, 0.25) is 10.3 Å². The van der Waals surface area contributed by atoms with Crippen molar-refractivity contribution in [2.24, 2.45) is 0 Å². The molecule has 3 rings (SSSR count). The quantitative estimate of drug-likeness (QED) is 0.446. The second-order valence-electron chi connectivity index (χ2n) is 6.11. The molecule has 0 spiro atoms. The van der Waals surface area contributed by atoms with E-state index >= 15 is 0 Å². The summed E-state index contributed by atoms with van der Waals surface area (Å²) in [6.07, 6.45) is -3.28. The second kappa shape index (κ2) is 6.76. The zero-order valence-corrected chi connectivity index (χ0v) is 15.9. The zero-order chi connectivity index (χ0) is 20.1. The molecule has 142 valence electrons. The molecule has 10 heteroatoms. The molecule has 5 nitrogen and oxygen atoms in total. The largest absolute Gasteiger partial charge is 0.397 e. The number of hydrogen-bond acceptors (Lipinski definition) is 4. The van der Waals surface area contributed by atoms with Crippen molar-refractivity contribution in [3.8, 4) is 5.69 Å². The van der Waals surface area contributed by atoms with Crippen molar-refractivity contribution in [1.82, 2.24) is 19.5 Å². The van der Waals surface area contributed by atoms with Crippen LogP contribution >= 0.6 is 23.2 Å². The molecule has 0 amide bonds. The molecule has 0 radical (unpaired) electrons. The minimum atomic E-state index is -4.55. The molecular formula is C17H13Cl2F3N4O. The van der Waals surface area contributed by atoms with Gasteiger partial charge in [-0.05, 0) is 44.0 Å². The van der Waals surface area contributed by atoms with Crippen LogP contribution < -0.4 is 5.69 Å². The Hall–Kier alpha value is -2.19. The predicted octanol–water partition coefficient (Wildman–Crippen LogP) is 4.77. The highest BCUT2D eigenvalue weighted by molar-refractivity contribution is 6.34. The van der Waals surface area contributed by atoms with Crippen molar-refractivity contribution in [3.05, 3.63) is 55.9 Å². The molecule has 0 saturated heterocycles. The van der Waals surface area contributed by atoms with E-state index in [4.69, 9.17) is 23.2 Å². The molecule has 0 aliphatic rings. The fraction of sp³-hybridized carbons (Fsp3) is 0.294. The Balaban J connectivity index is 2.48. The monoisotopic (exact) mass is 416 g/mol. The molecule has 0 N–H and O–H groups in total. The first-order valence-corrected chi connectivity index (χ1v) is 8.56. The molecule has 0 saturated carbocycles. The third kappa shape index (κ3) is 3.39. The van der Waals surface area contributed by atoms with Gasteiger partial charge < -0.3 is 0 Å². The minimum Gasteiger partial charge on any atom is -0.258 e. The summed E-state index contributed by atoms with van der Waals surface area (Å²) in [4.78, 5) is 24.4. The molecule has 0 fully saturated rings. The second-order valence-corrected chi connectivity index (χ2v) is 6.83. The first-order chi connectivity index (χ1) is 12.5. The number of alkyl halides is 3. The van der Waals surface area contributed by atoms with Gasteiger partial charge in [0, 0.05) is 6.20 Å². The van der Waals surface area contributed by atoms with Gasteiger partial charge >= 0.3 is 11.9 Å². The Morgan fingerprint density at radius 1 is 1.11 bits per heavy atom. The summed E-state index contributed by atoms with van der Waals surface area (Å²) in [5, 5.41) is 0.294. The lowest BCUT2D eigenvalue weighted by Gasteiger charge is -2.21. The molecule has 3 aromatic heterocycles. The SMILES string of the molecule is Cc1cc2c(Cl)nc(=O)n(-c3c(C)ccnc3C(C)C(F)(F)F)c2nc1Cl. The summed E-state index contributed by atoms with van der Waals surface area (Å²) in [6, 6.07) is 3.08. The molecule has 1 unspecified atom stereocenters. The first-order valence-electron chi connectivity index (χ1n) is 7.80. The van der Waals surface area contributed by atoms with Crippen molar-refractivity contribution < 1.29 is 13.2 Å². The molecule has 1 atom stereocenters. The molecule has 0 bridgehead atoms. The molecule has 3 heterocycles. The summed E-state index contributed by atoms with van der Waals surface area (Å²) in [5.74, 6) is -1.91.